The Hall–Kier alpha value is -1.75. The molecule has 0 spiro atoms. The van der Waals surface area contributed by atoms with E-state index in [0.717, 1.165) is 12.0 Å². The summed E-state index contributed by atoms with van der Waals surface area (Å²) in [5.74, 6) is 0.842. The number of amides is 1. The monoisotopic (exact) mass is 281 g/mol. The SMILES string of the molecule is COCCCOc1c(OC)ccc(C(N)=O)c1C(C)C. The van der Waals surface area contributed by atoms with Crippen LogP contribution in [0.15, 0.2) is 12.1 Å². The quantitative estimate of drug-likeness (QED) is 0.742. The molecule has 0 aromatic heterocycles. The molecule has 0 saturated carbocycles. The fourth-order valence-electron chi connectivity index (χ4n) is 2.05. The first kappa shape index (κ1) is 16.3. The summed E-state index contributed by atoms with van der Waals surface area (Å²) < 4.78 is 16.1. The largest absolute Gasteiger partial charge is 0.493 e. The van der Waals surface area contributed by atoms with Crippen molar-refractivity contribution in [3.63, 3.8) is 0 Å². The van der Waals surface area contributed by atoms with Gasteiger partial charge in [-0.1, -0.05) is 13.8 Å². The van der Waals surface area contributed by atoms with E-state index in [1.54, 1.807) is 26.4 Å². The van der Waals surface area contributed by atoms with Crippen LogP contribution in [0, 0.1) is 0 Å². The third-order valence-electron chi connectivity index (χ3n) is 2.96. The van der Waals surface area contributed by atoms with Gasteiger partial charge in [0.25, 0.3) is 0 Å². The topological polar surface area (TPSA) is 70.8 Å². The molecule has 112 valence electrons. The first-order chi connectivity index (χ1) is 9.52. The van der Waals surface area contributed by atoms with E-state index >= 15 is 0 Å². The summed E-state index contributed by atoms with van der Waals surface area (Å²) in [6, 6.07) is 3.39. The fourth-order valence-corrected chi connectivity index (χ4v) is 2.05. The van der Waals surface area contributed by atoms with Crippen LogP contribution in [0.1, 0.15) is 42.1 Å². The second kappa shape index (κ2) is 7.75. The van der Waals surface area contributed by atoms with Crippen LogP contribution in [-0.4, -0.2) is 33.3 Å². The summed E-state index contributed by atoms with van der Waals surface area (Å²) in [5.41, 5.74) is 6.69. The van der Waals surface area contributed by atoms with Crippen molar-refractivity contribution in [1.29, 1.82) is 0 Å². The molecule has 0 aliphatic carbocycles. The third-order valence-corrected chi connectivity index (χ3v) is 2.96. The third kappa shape index (κ3) is 3.87. The van der Waals surface area contributed by atoms with Gasteiger partial charge in [0.2, 0.25) is 5.91 Å². The van der Waals surface area contributed by atoms with E-state index < -0.39 is 5.91 Å². The number of ether oxygens (including phenoxy) is 3. The second-order valence-electron chi connectivity index (χ2n) is 4.77. The van der Waals surface area contributed by atoms with Gasteiger partial charge < -0.3 is 19.9 Å². The average molecular weight is 281 g/mol. The Morgan fingerprint density at radius 2 is 1.95 bits per heavy atom. The first-order valence-electron chi connectivity index (χ1n) is 6.65. The van der Waals surface area contributed by atoms with Crippen molar-refractivity contribution in [3.8, 4) is 11.5 Å². The Morgan fingerprint density at radius 3 is 2.45 bits per heavy atom. The Labute approximate surface area is 120 Å². The van der Waals surface area contributed by atoms with E-state index in [4.69, 9.17) is 19.9 Å². The summed E-state index contributed by atoms with van der Waals surface area (Å²) in [6.45, 7) is 5.09. The van der Waals surface area contributed by atoms with Crippen LogP contribution in [0.25, 0.3) is 0 Å². The molecule has 0 radical (unpaired) electrons. The lowest BCUT2D eigenvalue weighted by atomic mass is 9.95. The number of benzene rings is 1. The zero-order chi connectivity index (χ0) is 15.1. The molecule has 0 saturated heterocycles. The predicted molar refractivity (Wildman–Crippen MR) is 77.6 cm³/mol. The van der Waals surface area contributed by atoms with E-state index in [-0.39, 0.29) is 5.92 Å². The average Bonchev–Trinajstić information content (AvgIpc) is 2.42. The van der Waals surface area contributed by atoms with Gasteiger partial charge in [-0.3, -0.25) is 4.79 Å². The van der Waals surface area contributed by atoms with Crippen molar-refractivity contribution < 1.29 is 19.0 Å². The predicted octanol–water partition coefficient (Wildman–Crippen LogP) is 2.33. The fraction of sp³-hybridized carbons (Fsp3) is 0.533. The highest BCUT2D eigenvalue weighted by atomic mass is 16.5. The van der Waals surface area contributed by atoms with Gasteiger partial charge in [0, 0.05) is 31.3 Å². The van der Waals surface area contributed by atoms with Crippen LogP contribution < -0.4 is 15.2 Å². The lowest BCUT2D eigenvalue weighted by Gasteiger charge is -2.19. The molecule has 1 rings (SSSR count). The van der Waals surface area contributed by atoms with E-state index in [1.165, 1.54) is 0 Å². The molecule has 2 N–H and O–H groups in total. The van der Waals surface area contributed by atoms with Gasteiger partial charge in [-0.25, -0.2) is 0 Å². The zero-order valence-corrected chi connectivity index (χ0v) is 12.6. The number of carbonyl (C=O) groups excluding carboxylic acids is 1. The number of primary amides is 1. The molecule has 20 heavy (non-hydrogen) atoms. The number of hydrogen-bond donors (Lipinski definition) is 1. The summed E-state index contributed by atoms with van der Waals surface area (Å²) >= 11 is 0. The second-order valence-corrected chi connectivity index (χ2v) is 4.77. The highest BCUT2D eigenvalue weighted by molar-refractivity contribution is 5.95. The first-order valence-corrected chi connectivity index (χ1v) is 6.65. The highest BCUT2D eigenvalue weighted by Gasteiger charge is 2.20. The van der Waals surface area contributed by atoms with Crippen LogP contribution in [0.2, 0.25) is 0 Å². The van der Waals surface area contributed by atoms with E-state index in [1.807, 2.05) is 13.8 Å². The Kier molecular flexibility index (Phi) is 6.31. The standard InChI is InChI=1S/C15H23NO4/c1-10(2)13-11(15(16)17)6-7-12(19-4)14(13)20-9-5-8-18-3/h6-7,10H,5,8-9H2,1-4H3,(H2,16,17). The van der Waals surface area contributed by atoms with Crippen LogP contribution in [0.4, 0.5) is 0 Å². The molecule has 0 unspecified atom stereocenters. The molecule has 5 heteroatoms. The molecule has 0 bridgehead atoms. The minimum atomic E-state index is -0.460. The number of methoxy groups -OCH3 is 2. The molecule has 0 aliphatic heterocycles. The van der Waals surface area contributed by atoms with Gasteiger partial charge in [0.1, 0.15) is 0 Å². The van der Waals surface area contributed by atoms with Crippen LogP contribution >= 0.6 is 0 Å². The number of nitrogens with two attached hydrogens (primary N) is 1. The summed E-state index contributed by atoms with van der Waals surface area (Å²) in [6.07, 6.45) is 0.762. The smallest absolute Gasteiger partial charge is 0.249 e. The maximum atomic E-state index is 11.6. The lowest BCUT2D eigenvalue weighted by molar-refractivity contribution is 0.0998. The van der Waals surface area contributed by atoms with E-state index in [2.05, 4.69) is 0 Å². The maximum absolute atomic E-state index is 11.6. The summed E-state index contributed by atoms with van der Waals surface area (Å²) in [5, 5.41) is 0. The molecule has 0 fully saturated rings. The van der Waals surface area contributed by atoms with E-state index in [0.29, 0.717) is 30.3 Å². The van der Waals surface area contributed by atoms with Crippen molar-refractivity contribution in [1.82, 2.24) is 0 Å². The van der Waals surface area contributed by atoms with Gasteiger partial charge in [0.05, 0.1) is 13.7 Å². The summed E-state index contributed by atoms with van der Waals surface area (Å²) in [4.78, 5) is 11.6. The van der Waals surface area contributed by atoms with Crippen LogP contribution in [0.3, 0.4) is 0 Å². The maximum Gasteiger partial charge on any atom is 0.249 e. The van der Waals surface area contributed by atoms with Crippen molar-refractivity contribution >= 4 is 5.91 Å². The molecule has 0 aliphatic rings. The molecule has 0 atom stereocenters. The molecule has 1 amide bonds. The Bertz CT molecular complexity index is 457. The zero-order valence-electron chi connectivity index (χ0n) is 12.6. The lowest BCUT2D eigenvalue weighted by Crippen LogP contribution is -2.16. The molecular weight excluding hydrogens is 258 g/mol. The van der Waals surface area contributed by atoms with Gasteiger partial charge in [-0.2, -0.15) is 0 Å². The number of rotatable bonds is 8. The minimum Gasteiger partial charge on any atom is -0.493 e. The molecule has 1 aromatic rings. The number of hydrogen-bond acceptors (Lipinski definition) is 4. The normalized spacial score (nSPS) is 10.7. The Balaban J connectivity index is 3.14. The minimum absolute atomic E-state index is 0.102. The van der Waals surface area contributed by atoms with Gasteiger partial charge in [0.15, 0.2) is 11.5 Å². The molecular formula is C15H23NO4. The van der Waals surface area contributed by atoms with Crippen molar-refractivity contribution in [2.75, 3.05) is 27.4 Å². The van der Waals surface area contributed by atoms with Crippen molar-refractivity contribution in [2.24, 2.45) is 5.73 Å². The highest BCUT2D eigenvalue weighted by Crippen LogP contribution is 2.38. The molecule has 1 aromatic carbocycles. The van der Waals surface area contributed by atoms with Gasteiger partial charge in [-0.15, -0.1) is 0 Å². The summed E-state index contributed by atoms with van der Waals surface area (Å²) in [7, 11) is 3.22. The van der Waals surface area contributed by atoms with Crippen molar-refractivity contribution in [2.45, 2.75) is 26.2 Å². The van der Waals surface area contributed by atoms with Gasteiger partial charge >= 0.3 is 0 Å². The Morgan fingerprint density at radius 1 is 1.25 bits per heavy atom. The van der Waals surface area contributed by atoms with E-state index in [9.17, 15) is 4.79 Å². The molecule has 0 heterocycles. The number of carbonyl (C=O) groups is 1. The van der Waals surface area contributed by atoms with Crippen LogP contribution in [0.5, 0.6) is 11.5 Å². The van der Waals surface area contributed by atoms with Crippen molar-refractivity contribution in [3.05, 3.63) is 23.3 Å². The molecule has 5 nitrogen and oxygen atoms in total. The van der Waals surface area contributed by atoms with Gasteiger partial charge in [-0.05, 0) is 18.1 Å². The van der Waals surface area contributed by atoms with Crippen LogP contribution in [-0.2, 0) is 4.74 Å².